The Bertz CT molecular complexity index is 774. The first-order chi connectivity index (χ1) is 14.0. The highest BCUT2D eigenvalue weighted by atomic mass is 32.2. The number of halogens is 6. The number of benzene rings is 1. The highest BCUT2D eigenvalue weighted by Gasteiger charge is 2.42. The van der Waals surface area contributed by atoms with Gasteiger partial charge in [0.15, 0.2) is 0 Å². The number of alkyl halides is 6. The number of nitrogens with one attached hydrogen (secondary N) is 1. The standard InChI is InChI=1S/C20H24F6N2OS/c1-30-16-11-12(19(21,22)23)10-13(20(24,25)26)17(16)18(29)27-14-6-2-3-7-15(14)28-8-4-5-9-28/h10-11,14-15H,2-9H2,1H3,(H,27,29)/t14-,15+/m0/s1. The number of likely N-dealkylation sites (tertiary alicyclic amines) is 1. The van der Waals surface area contributed by atoms with Crippen molar-refractivity contribution in [3.8, 4) is 0 Å². The van der Waals surface area contributed by atoms with Gasteiger partial charge >= 0.3 is 12.4 Å². The zero-order chi connectivity index (χ0) is 22.1. The fourth-order valence-corrected chi connectivity index (χ4v) is 5.08. The molecule has 2 aliphatic rings. The second-order valence-corrected chi connectivity index (χ2v) is 8.62. The Morgan fingerprint density at radius 2 is 1.63 bits per heavy atom. The van der Waals surface area contributed by atoms with Crippen LogP contribution < -0.4 is 5.32 Å². The molecule has 1 amide bonds. The van der Waals surface area contributed by atoms with Crippen molar-refractivity contribution in [3.05, 3.63) is 28.8 Å². The Kier molecular flexibility index (Phi) is 6.96. The van der Waals surface area contributed by atoms with Crippen LogP contribution in [0.15, 0.2) is 17.0 Å². The van der Waals surface area contributed by atoms with Crippen LogP contribution in [-0.4, -0.2) is 42.2 Å². The Hall–Kier alpha value is -1.42. The largest absolute Gasteiger partial charge is 0.417 e. The molecule has 0 unspecified atom stereocenters. The summed E-state index contributed by atoms with van der Waals surface area (Å²) in [6.45, 7) is 1.78. The topological polar surface area (TPSA) is 32.3 Å². The number of carbonyl (C=O) groups is 1. The van der Waals surface area contributed by atoms with Crippen LogP contribution in [-0.2, 0) is 12.4 Å². The van der Waals surface area contributed by atoms with E-state index < -0.39 is 35.0 Å². The summed E-state index contributed by atoms with van der Waals surface area (Å²) in [5, 5.41) is 2.73. The fraction of sp³-hybridized carbons (Fsp3) is 0.650. The third-order valence-corrected chi connectivity index (χ3v) is 6.60. The molecule has 1 aliphatic heterocycles. The van der Waals surface area contributed by atoms with Crippen molar-refractivity contribution < 1.29 is 31.1 Å². The smallest absolute Gasteiger partial charge is 0.348 e. The Balaban J connectivity index is 1.95. The number of hydrogen-bond acceptors (Lipinski definition) is 3. The number of rotatable bonds is 4. The molecule has 0 aromatic heterocycles. The normalized spacial score (nSPS) is 23.6. The highest BCUT2D eigenvalue weighted by Crippen LogP contribution is 2.41. The maximum Gasteiger partial charge on any atom is 0.417 e. The van der Waals surface area contributed by atoms with Crippen molar-refractivity contribution in [1.29, 1.82) is 0 Å². The van der Waals surface area contributed by atoms with Crippen molar-refractivity contribution in [2.24, 2.45) is 0 Å². The van der Waals surface area contributed by atoms with Crippen molar-refractivity contribution in [2.45, 2.75) is 67.9 Å². The Labute approximate surface area is 175 Å². The monoisotopic (exact) mass is 454 g/mol. The molecule has 168 valence electrons. The van der Waals surface area contributed by atoms with E-state index in [1.165, 1.54) is 6.26 Å². The summed E-state index contributed by atoms with van der Waals surface area (Å²) in [7, 11) is 0. The van der Waals surface area contributed by atoms with Crippen molar-refractivity contribution in [3.63, 3.8) is 0 Å². The van der Waals surface area contributed by atoms with E-state index in [2.05, 4.69) is 10.2 Å². The van der Waals surface area contributed by atoms with Crippen LogP contribution in [0.3, 0.4) is 0 Å². The minimum atomic E-state index is -5.08. The molecule has 3 nitrogen and oxygen atoms in total. The molecule has 2 atom stereocenters. The molecule has 2 fully saturated rings. The van der Waals surface area contributed by atoms with Gasteiger partial charge in [0.05, 0.1) is 16.7 Å². The molecule has 1 aromatic rings. The lowest BCUT2D eigenvalue weighted by molar-refractivity contribution is -0.143. The van der Waals surface area contributed by atoms with Crippen LogP contribution in [0.1, 0.15) is 60.0 Å². The van der Waals surface area contributed by atoms with Gasteiger partial charge in [-0.2, -0.15) is 26.3 Å². The second-order valence-electron chi connectivity index (χ2n) is 7.77. The summed E-state index contributed by atoms with van der Waals surface area (Å²) in [5.41, 5.74) is -3.69. The number of nitrogens with zero attached hydrogens (tertiary/aromatic N) is 1. The number of thioether (sulfide) groups is 1. The van der Waals surface area contributed by atoms with Gasteiger partial charge in [0.2, 0.25) is 0 Å². The molecule has 1 aliphatic carbocycles. The van der Waals surface area contributed by atoms with Crippen LogP contribution in [0.25, 0.3) is 0 Å². The lowest BCUT2D eigenvalue weighted by Crippen LogP contribution is -2.52. The molecule has 0 bridgehead atoms. The Morgan fingerprint density at radius 1 is 1.00 bits per heavy atom. The third-order valence-electron chi connectivity index (χ3n) is 5.84. The fourth-order valence-electron chi connectivity index (χ4n) is 4.43. The van der Waals surface area contributed by atoms with Gasteiger partial charge in [0.1, 0.15) is 0 Å². The highest BCUT2D eigenvalue weighted by molar-refractivity contribution is 7.98. The second kappa shape index (κ2) is 8.98. The van der Waals surface area contributed by atoms with E-state index in [0.29, 0.717) is 24.2 Å². The zero-order valence-corrected chi connectivity index (χ0v) is 17.3. The average molecular weight is 454 g/mol. The van der Waals surface area contributed by atoms with Crippen molar-refractivity contribution in [1.82, 2.24) is 10.2 Å². The predicted octanol–water partition coefficient (Wildman–Crippen LogP) is 5.58. The van der Waals surface area contributed by atoms with Crippen LogP contribution >= 0.6 is 11.8 Å². The average Bonchev–Trinajstić information content (AvgIpc) is 3.20. The van der Waals surface area contributed by atoms with Gasteiger partial charge in [-0.15, -0.1) is 11.8 Å². The van der Waals surface area contributed by atoms with Crippen molar-refractivity contribution in [2.75, 3.05) is 19.3 Å². The quantitative estimate of drug-likeness (QED) is 0.476. The lowest BCUT2D eigenvalue weighted by atomic mass is 9.88. The summed E-state index contributed by atoms with van der Waals surface area (Å²) >= 11 is 0.701. The molecule has 1 N–H and O–H groups in total. The van der Waals surface area contributed by atoms with E-state index in [4.69, 9.17) is 0 Å². The summed E-state index contributed by atoms with van der Waals surface area (Å²) in [4.78, 5) is 14.9. The van der Waals surface area contributed by atoms with E-state index in [1.807, 2.05) is 0 Å². The minimum absolute atomic E-state index is 0.0352. The number of hydrogen-bond donors (Lipinski definition) is 1. The van der Waals surface area contributed by atoms with Gasteiger partial charge in [-0.1, -0.05) is 12.8 Å². The van der Waals surface area contributed by atoms with Crippen LogP contribution in [0, 0.1) is 0 Å². The first-order valence-corrected chi connectivity index (χ1v) is 11.2. The van der Waals surface area contributed by atoms with Crippen LogP contribution in [0.4, 0.5) is 26.3 Å². The van der Waals surface area contributed by atoms with E-state index in [1.54, 1.807) is 0 Å². The summed E-state index contributed by atoms with van der Waals surface area (Å²) in [6.07, 6.45) is -3.25. The molecular formula is C20H24F6N2OS. The van der Waals surface area contributed by atoms with Crippen LogP contribution in [0.5, 0.6) is 0 Å². The third kappa shape index (κ3) is 5.07. The van der Waals surface area contributed by atoms with Gasteiger partial charge in [0.25, 0.3) is 5.91 Å². The molecule has 1 saturated heterocycles. The zero-order valence-electron chi connectivity index (χ0n) is 16.5. The van der Waals surface area contributed by atoms with Gasteiger partial charge in [-0.25, -0.2) is 0 Å². The van der Waals surface area contributed by atoms with Crippen LogP contribution in [0.2, 0.25) is 0 Å². The van der Waals surface area contributed by atoms with Crippen molar-refractivity contribution >= 4 is 17.7 Å². The van der Waals surface area contributed by atoms with Gasteiger partial charge in [0, 0.05) is 17.0 Å². The first-order valence-electron chi connectivity index (χ1n) is 9.93. The molecular weight excluding hydrogens is 430 g/mol. The molecule has 3 rings (SSSR count). The maximum absolute atomic E-state index is 13.6. The lowest BCUT2D eigenvalue weighted by Gasteiger charge is -2.38. The van der Waals surface area contributed by atoms with E-state index in [0.717, 1.165) is 45.2 Å². The molecule has 1 heterocycles. The number of carbonyl (C=O) groups excluding carboxylic acids is 1. The summed E-state index contributed by atoms with van der Waals surface area (Å²) in [5.74, 6) is -0.962. The molecule has 1 aromatic carbocycles. The molecule has 0 radical (unpaired) electrons. The minimum Gasteiger partial charge on any atom is -0.348 e. The predicted molar refractivity (Wildman–Crippen MR) is 103 cm³/mol. The maximum atomic E-state index is 13.6. The summed E-state index contributed by atoms with van der Waals surface area (Å²) in [6, 6.07) is 0.385. The van der Waals surface area contributed by atoms with Gasteiger partial charge in [-0.3, -0.25) is 9.69 Å². The first kappa shape index (κ1) is 23.2. The van der Waals surface area contributed by atoms with E-state index >= 15 is 0 Å². The Morgan fingerprint density at radius 3 is 2.20 bits per heavy atom. The molecule has 0 spiro atoms. The SMILES string of the molecule is CSc1cc(C(F)(F)F)cc(C(F)(F)F)c1C(=O)N[C@H]1CCCC[C@H]1N1CCCC1. The van der Waals surface area contributed by atoms with E-state index in [9.17, 15) is 31.1 Å². The van der Waals surface area contributed by atoms with Gasteiger partial charge < -0.3 is 5.32 Å². The summed E-state index contributed by atoms with van der Waals surface area (Å²) < 4.78 is 80.2. The van der Waals surface area contributed by atoms with E-state index in [-0.39, 0.29) is 23.0 Å². The van der Waals surface area contributed by atoms with Gasteiger partial charge in [-0.05, 0) is 57.2 Å². The molecule has 10 heteroatoms. The molecule has 1 saturated carbocycles. The molecule has 30 heavy (non-hydrogen) atoms. The number of amides is 1.